The van der Waals surface area contributed by atoms with Crippen molar-refractivity contribution in [2.75, 3.05) is 0 Å². The molecule has 0 spiro atoms. The molecular formula is C17H17ClN2O. The molecule has 108 valence electrons. The number of halogens is 1. The highest BCUT2D eigenvalue weighted by Gasteiger charge is 2.23. The zero-order valence-corrected chi connectivity index (χ0v) is 12.4. The fourth-order valence-corrected chi connectivity index (χ4v) is 2.81. The van der Waals surface area contributed by atoms with E-state index in [1.165, 1.54) is 11.1 Å². The average Bonchev–Trinajstić information content (AvgIpc) is 2.52. The van der Waals surface area contributed by atoms with Crippen molar-refractivity contribution in [3.05, 3.63) is 70.2 Å². The van der Waals surface area contributed by atoms with Crippen molar-refractivity contribution in [2.24, 2.45) is 0 Å². The van der Waals surface area contributed by atoms with E-state index >= 15 is 0 Å². The van der Waals surface area contributed by atoms with Gasteiger partial charge < -0.3 is 10.6 Å². The van der Waals surface area contributed by atoms with Crippen LogP contribution in [0.3, 0.4) is 0 Å². The zero-order valence-electron chi connectivity index (χ0n) is 11.6. The standard InChI is InChI=1S/C17H17ClN2O/c18-15-7-3-4-12(8-15)10-20-17(21)16-9-13-5-1-2-6-14(13)11-19-16/h1-8,16,19H,9-11H2,(H,20,21)/t16-/m1/s1. The van der Waals surface area contributed by atoms with Crippen LogP contribution >= 0.6 is 11.6 Å². The number of hydrogen-bond donors (Lipinski definition) is 2. The molecule has 4 heteroatoms. The smallest absolute Gasteiger partial charge is 0.237 e. The third-order valence-corrected chi connectivity index (χ3v) is 3.99. The first-order valence-corrected chi connectivity index (χ1v) is 7.42. The molecule has 3 nitrogen and oxygen atoms in total. The maximum atomic E-state index is 12.3. The quantitative estimate of drug-likeness (QED) is 0.915. The van der Waals surface area contributed by atoms with E-state index in [1.807, 2.05) is 36.4 Å². The summed E-state index contributed by atoms with van der Waals surface area (Å²) in [5.74, 6) is 0.0319. The van der Waals surface area contributed by atoms with Gasteiger partial charge in [0.2, 0.25) is 5.91 Å². The molecular weight excluding hydrogens is 284 g/mol. The fraction of sp³-hybridized carbons (Fsp3) is 0.235. The molecule has 0 aromatic heterocycles. The lowest BCUT2D eigenvalue weighted by molar-refractivity contribution is -0.123. The van der Waals surface area contributed by atoms with E-state index in [9.17, 15) is 4.79 Å². The van der Waals surface area contributed by atoms with Crippen LogP contribution in [0.25, 0.3) is 0 Å². The van der Waals surface area contributed by atoms with E-state index in [4.69, 9.17) is 11.6 Å². The van der Waals surface area contributed by atoms with Crippen molar-refractivity contribution in [1.82, 2.24) is 10.6 Å². The normalized spacial score (nSPS) is 17.1. The fourth-order valence-electron chi connectivity index (χ4n) is 2.60. The lowest BCUT2D eigenvalue weighted by Crippen LogP contribution is -2.47. The Morgan fingerprint density at radius 2 is 2.00 bits per heavy atom. The monoisotopic (exact) mass is 300 g/mol. The van der Waals surface area contributed by atoms with Crippen molar-refractivity contribution in [3.8, 4) is 0 Å². The first-order valence-electron chi connectivity index (χ1n) is 7.05. The Morgan fingerprint density at radius 3 is 2.81 bits per heavy atom. The van der Waals surface area contributed by atoms with Gasteiger partial charge in [0, 0.05) is 18.1 Å². The molecule has 0 aliphatic carbocycles. The molecule has 2 N–H and O–H groups in total. The third-order valence-electron chi connectivity index (χ3n) is 3.75. The van der Waals surface area contributed by atoms with Crippen LogP contribution in [0.1, 0.15) is 16.7 Å². The van der Waals surface area contributed by atoms with E-state index in [2.05, 4.69) is 22.8 Å². The third kappa shape index (κ3) is 3.43. The predicted molar refractivity (Wildman–Crippen MR) is 84.1 cm³/mol. The Hall–Kier alpha value is -1.84. The number of amides is 1. The van der Waals surface area contributed by atoms with Gasteiger partial charge in [0.1, 0.15) is 0 Å². The molecule has 2 aromatic rings. The van der Waals surface area contributed by atoms with E-state index in [0.29, 0.717) is 11.6 Å². The molecule has 1 aliphatic rings. The molecule has 0 bridgehead atoms. The van der Waals surface area contributed by atoms with Crippen LogP contribution in [0.2, 0.25) is 5.02 Å². The van der Waals surface area contributed by atoms with Gasteiger partial charge in [-0.2, -0.15) is 0 Å². The number of hydrogen-bond acceptors (Lipinski definition) is 2. The number of nitrogens with one attached hydrogen (secondary N) is 2. The second kappa shape index (κ2) is 6.29. The maximum Gasteiger partial charge on any atom is 0.237 e. The van der Waals surface area contributed by atoms with Crippen LogP contribution in [-0.4, -0.2) is 11.9 Å². The average molecular weight is 301 g/mol. The van der Waals surface area contributed by atoms with Crippen molar-refractivity contribution >= 4 is 17.5 Å². The minimum absolute atomic E-state index is 0.0319. The molecule has 0 radical (unpaired) electrons. The highest BCUT2D eigenvalue weighted by Crippen LogP contribution is 2.16. The van der Waals surface area contributed by atoms with Gasteiger partial charge in [-0.15, -0.1) is 0 Å². The molecule has 2 aromatic carbocycles. The summed E-state index contributed by atoms with van der Waals surface area (Å²) < 4.78 is 0. The van der Waals surface area contributed by atoms with Crippen molar-refractivity contribution in [2.45, 2.75) is 25.6 Å². The summed E-state index contributed by atoms with van der Waals surface area (Å²) >= 11 is 5.94. The number of rotatable bonds is 3. The second-order valence-corrected chi connectivity index (χ2v) is 5.69. The predicted octanol–water partition coefficient (Wildman–Crippen LogP) is 2.67. The van der Waals surface area contributed by atoms with E-state index in [0.717, 1.165) is 18.5 Å². The molecule has 1 heterocycles. The van der Waals surface area contributed by atoms with Crippen LogP contribution in [-0.2, 0) is 24.3 Å². The lowest BCUT2D eigenvalue weighted by Gasteiger charge is -2.25. The van der Waals surface area contributed by atoms with Gasteiger partial charge in [0.05, 0.1) is 6.04 Å². The number of benzene rings is 2. The van der Waals surface area contributed by atoms with Gasteiger partial charge in [-0.25, -0.2) is 0 Å². The molecule has 0 unspecified atom stereocenters. The van der Waals surface area contributed by atoms with Gasteiger partial charge in [0.15, 0.2) is 0 Å². The molecule has 1 amide bonds. The summed E-state index contributed by atoms with van der Waals surface area (Å²) in [5.41, 5.74) is 3.53. The largest absolute Gasteiger partial charge is 0.351 e. The van der Waals surface area contributed by atoms with Crippen LogP contribution in [0.4, 0.5) is 0 Å². The van der Waals surface area contributed by atoms with Crippen molar-refractivity contribution in [1.29, 1.82) is 0 Å². The summed E-state index contributed by atoms with van der Waals surface area (Å²) in [4.78, 5) is 12.3. The minimum Gasteiger partial charge on any atom is -0.351 e. The van der Waals surface area contributed by atoms with Gasteiger partial charge in [-0.3, -0.25) is 4.79 Å². The van der Waals surface area contributed by atoms with Crippen LogP contribution in [0.15, 0.2) is 48.5 Å². The molecule has 21 heavy (non-hydrogen) atoms. The van der Waals surface area contributed by atoms with Crippen LogP contribution in [0, 0.1) is 0 Å². The summed E-state index contributed by atoms with van der Waals surface area (Å²) in [5, 5.41) is 6.94. The van der Waals surface area contributed by atoms with Crippen molar-refractivity contribution < 1.29 is 4.79 Å². The molecule has 0 saturated carbocycles. The van der Waals surface area contributed by atoms with Gasteiger partial charge in [0.25, 0.3) is 0 Å². The maximum absolute atomic E-state index is 12.3. The van der Waals surface area contributed by atoms with E-state index in [-0.39, 0.29) is 11.9 Å². The zero-order chi connectivity index (χ0) is 14.7. The van der Waals surface area contributed by atoms with E-state index in [1.54, 1.807) is 0 Å². The lowest BCUT2D eigenvalue weighted by atomic mass is 9.95. The second-order valence-electron chi connectivity index (χ2n) is 5.25. The summed E-state index contributed by atoms with van der Waals surface area (Å²) in [6.45, 7) is 1.24. The number of fused-ring (bicyclic) bond motifs is 1. The molecule has 0 saturated heterocycles. The SMILES string of the molecule is O=C(NCc1cccc(Cl)c1)[C@H]1Cc2ccccc2CN1. The minimum atomic E-state index is -0.168. The Morgan fingerprint density at radius 1 is 1.19 bits per heavy atom. The number of carbonyl (C=O) groups is 1. The molecule has 3 rings (SSSR count). The van der Waals surface area contributed by atoms with Gasteiger partial charge in [-0.1, -0.05) is 48.0 Å². The molecule has 0 fully saturated rings. The Kier molecular flexibility index (Phi) is 4.23. The first kappa shape index (κ1) is 14.1. The Bertz CT molecular complexity index is 657. The topological polar surface area (TPSA) is 41.1 Å². The summed E-state index contributed by atoms with van der Waals surface area (Å²) in [6.07, 6.45) is 0.734. The number of carbonyl (C=O) groups excluding carboxylic acids is 1. The Balaban J connectivity index is 1.59. The Labute approximate surface area is 129 Å². The van der Waals surface area contributed by atoms with E-state index < -0.39 is 0 Å². The van der Waals surface area contributed by atoms with Crippen LogP contribution in [0.5, 0.6) is 0 Å². The molecule has 1 atom stereocenters. The molecule has 1 aliphatic heterocycles. The highest BCUT2D eigenvalue weighted by atomic mass is 35.5. The highest BCUT2D eigenvalue weighted by molar-refractivity contribution is 6.30. The van der Waals surface area contributed by atoms with Gasteiger partial charge >= 0.3 is 0 Å². The van der Waals surface area contributed by atoms with Crippen molar-refractivity contribution in [3.63, 3.8) is 0 Å². The summed E-state index contributed by atoms with van der Waals surface area (Å²) in [6, 6.07) is 15.6. The van der Waals surface area contributed by atoms with Crippen LogP contribution < -0.4 is 10.6 Å². The summed E-state index contributed by atoms with van der Waals surface area (Å²) in [7, 11) is 0. The van der Waals surface area contributed by atoms with Gasteiger partial charge in [-0.05, 0) is 35.2 Å². The first-order chi connectivity index (χ1) is 10.2.